The van der Waals surface area contributed by atoms with Crippen molar-refractivity contribution in [2.75, 3.05) is 24.7 Å². The van der Waals surface area contributed by atoms with Crippen molar-refractivity contribution in [3.05, 3.63) is 45.6 Å². The average Bonchev–Trinajstić information content (AvgIpc) is 3.19. The number of thiophene rings is 1. The Kier molecular flexibility index (Phi) is 5.94. The normalized spacial score (nSPS) is 23.1. The molecule has 1 N–H and O–H groups in total. The van der Waals surface area contributed by atoms with Gasteiger partial charge in [-0.2, -0.15) is 5.26 Å². The molecule has 1 aliphatic heterocycles. The Morgan fingerprint density at radius 2 is 2.32 bits per heavy atom. The molecule has 0 saturated carbocycles. The Morgan fingerprint density at radius 3 is 3.03 bits per heavy atom. The van der Waals surface area contributed by atoms with Crippen LogP contribution in [0.2, 0.25) is 0 Å². The second-order valence-corrected chi connectivity index (χ2v) is 9.19. The Hall–Kier alpha value is -2.96. The van der Waals surface area contributed by atoms with Crippen molar-refractivity contribution in [2.24, 2.45) is 11.3 Å². The average molecular weight is 440 g/mol. The van der Waals surface area contributed by atoms with Crippen molar-refractivity contribution in [1.82, 2.24) is 14.9 Å². The van der Waals surface area contributed by atoms with Crippen LogP contribution in [0, 0.1) is 22.7 Å². The summed E-state index contributed by atoms with van der Waals surface area (Å²) in [6.07, 6.45) is 8.63. The van der Waals surface area contributed by atoms with Crippen molar-refractivity contribution >= 4 is 33.5 Å². The lowest BCUT2D eigenvalue weighted by Gasteiger charge is -2.33. The van der Waals surface area contributed by atoms with Gasteiger partial charge < -0.3 is 9.64 Å². The van der Waals surface area contributed by atoms with Gasteiger partial charge in [-0.15, -0.1) is 11.3 Å². The molecule has 1 fully saturated rings. The number of ether oxygens (including phenoxy) is 1. The molecular formula is C22H25N5O3S. The molecule has 1 aliphatic carbocycles. The molecule has 31 heavy (non-hydrogen) atoms. The third-order valence-electron chi connectivity index (χ3n) is 5.74. The number of aromatic nitrogens is 2. The third kappa shape index (κ3) is 4.27. The first-order valence-corrected chi connectivity index (χ1v) is 11.1. The first-order valence-electron chi connectivity index (χ1n) is 10.3. The molecular weight excluding hydrogens is 414 g/mol. The van der Waals surface area contributed by atoms with E-state index in [-0.39, 0.29) is 24.1 Å². The molecule has 9 heteroatoms. The summed E-state index contributed by atoms with van der Waals surface area (Å²) in [5.74, 6) is 0.0806. The molecule has 162 valence electrons. The highest BCUT2D eigenvalue weighted by Gasteiger charge is 2.33. The maximum atomic E-state index is 13.6. The molecule has 4 rings (SSSR count). The predicted molar refractivity (Wildman–Crippen MR) is 120 cm³/mol. The largest absolute Gasteiger partial charge is 0.460 e. The van der Waals surface area contributed by atoms with E-state index in [0.29, 0.717) is 29.4 Å². The van der Waals surface area contributed by atoms with Gasteiger partial charge in [0.25, 0.3) is 5.56 Å². The number of carbonyl (C=O) groups excluding carboxylic acids is 1. The van der Waals surface area contributed by atoms with Crippen LogP contribution in [0.1, 0.15) is 25.1 Å². The molecule has 8 nitrogen and oxygen atoms in total. The van der Waals surface area contributed by atoms with Gasteiger partial charge in [0.2, 0.25) is 5.95 Å². The van der Waals surface area contributed by atoms with E-state index in [2.05, 4.69) is 16.3 Å². The smallest absolute Gasteiger partial charge is 0.302 e. The van der Waals surface area contributed by atoms with Gasteiger partial charge in [-0.1, -0.05) is 24.3 Å². The summed E-state index contributed by atoms with van der Waals surface area (Å²) in [4.78, 5) is 32.4. The fraction of sp³-hybridized carbons (Fsp3) is 0.455. The number of nitriles is 1. The number of allylic oxidation sites excluding steroid dienone is 4. The number of rotatable bonds is 5. The summed E-state index contributed by atoms with van der Waals surface area (Å²) < 4.78 is 7.33. The molecule has 2 aromatic heterocycles. The Labute approximate surface area is 184 Å². The minimum absolute atomic E-state index is 0.124. The maximum absolute atomic E-state index is 13.6. The van der Waals surface area contributed by atoms with Crippen molar-refractivity contribution in [3.8, 4) is 6.07 Å². The van der Waals surface area contributed by atoms with Crippen LogP contribution in [0.3, 0.4) is 0 Å². The topological polar surface area (TPSA) is 100 Å². The van der Waals surface area contributed by atoms with Gasteiger partial charge in [0, 0.05) is 30.8 Å². The molecule has 0 radical (unpaired) electrons. The quantitative estimate of drug-likeness (QED) is 0.715. The summed E-state index contributed by atoms with van der Waals surface area (Å²) in [6.45, 7) is 6.06. The van der Waals surface area contributed by atoms with Crippen LogP contribution in [0.25, 0.3) is 10.2 Å². The van der Waals surface area contributed by atoms with E-state index in [9.17, 15) is 14.9 Å². The van der Waals surface area contributed by atoms with Crippen molar-refractivity contribution in [3.63, 3.8) is 0 Å². The van der Waals surface area contributed by atoms with Crippen LogP contribution < -0.4 is 15.8 Å². The molecule has 2 aliphatic rings. The van der Waals surface area contributed by atoms with E-state index in [0.717, 1.165) is 24.4 Å². The predicted octanol–water partition coefficient (Wildman–Crippen LogP) is 2.55. The Morgan fingerprint density at radius 1 is 1.48 bits per heavy atom. The van der Waals surface area contributed by atoms with Crippen molar-refractivity contribution < 1.29 is 9.53 Å². The highest BCUT2D eigenvalue weighted by molar-refractivity contribution is 7.18. The lowest BCUT2D eigenvalue weighted by molar-refractivity contribution is -0.142. The summed E-state index contributed by atoms with van der Waals surface area (Å²) in [5, 5.41) is 13.1. The molecule has 0 amide bonds. The van der Waals surface area contributed by atoms with Gasteiger partial charge in [0.1, 0.15) is 11.3 Å². The molecule has 3 heterocycles. The zero-order valence-corrected chi connectivity index (χ0v) is 18.4. The zero-order valence-electron chi connectivity index (χ0n) is 17.6. The second-order valence-electron chi connectivity index (χ2n) is 8.06. The summed E-state index contributed by atoms with van der Waals surface area (Å²) in [7, 11) is 0. The SMILES string of the molecule is CC(=O)OCc1cc2nc(N3CCCNC3)n(CC3C=CC=CC3(C)C#N)c(=O)c2s1. The van der Waals surface area contributed by atoms with Crippen LogP contribution in [-0.4, -0.2) is 35.3 Å². The van der Waals surface area contributed by atoms with Crippen LogP contribution in [0.4, 0.5) is 5.95 Å². The molecule has 1 saturated heterocycles. The number of hydrogen-bond acceptors (Lipinski definition) is 8. The van der Waals surface area contributed by atoms with E-state index < -0.39 is 5.41 Å². The standard InChI is InChI=1S/C22H25N5O3S/c1-15(28)30-12-17-10-18-19(31-17)20(29)27(21(25-18)26-9-5-8-24-14-26)11-16-6-3-4-7-22(16,2)13-23/h3-4,6-7,10,16,24H,5,8-9,11-12,14H2,1-2H3. The third-order valence-corrected chi connectivity index (χ3v) is 6.82. The zero-order chi connectivity index (χ0) is 22.0. The summed E-state index contributed by atoms with van der Waals surface area (Å²) in [6, 6.07) is 4.21. The van der Waals surface area contributed by atoms with Gasteiger partial charge in [0.05, 0.1) is 23.7 Å². The minimum Gasteiger partial charge on any atom is -0.460 e. The fourth-order valence-corrected chi connectivity index (χ4v) is 4.86. The molecule has 0 bridgehead atoms. The highest BCUT2D eigenvalue weighted by Crippen LogP contribution is 2.34. The monoisotopic (exact) mass is 439 g/mol. The Bertz CT molecular complexity index is 1150. The first-order chi connectivity index (χ1) is 14.9. The van der Waals surface area contributed by atoms with Gasteiger partial charge in [-0.3, -0.25) is 19.5 Å². The molecule has 0 spiro atoms. The van der Waals surface area contributed by atoms with Crippen LogP contribution in [0.15, 0.2) is 35.2 Å². The van der Waals surface area contributed by atoms with Gasteiger partial charge in [-0.05, 0) is 26.0 Å². The number of carbonyl (C=O) groups is 1. The number of anilines is 1. The highest BCUT2D eigenvalue weighted by atomic mass is 32.1. The lowest BCUT2D eigenvalue weighted by atomic mass is 9.75. The Balaban J connectivity index is 1.79. The number of hydrogen-bond donors (Lipinski definition) is 1. The van der Waals surface area contributed by atoms with Gasteiger partial charge in [0.15, 0.2) is 0 Å². The lowest BCUT2D eigenvalue weighted by Crippen LogP contribution is -2.45. The second kappa shape index (κ2) is 8.65. The summed E-state index contributed by atoms with van der Waals surface area (Å²) >= 11 is 1.30. The number of esters is 1. The fourth-order valence-electron chi connectivity index (χ4n) is 3.90. The van der Waals surface area contributed by atoms with E-state index in [1.165, 1.54) is 18.3 Å². The van der Waals surface area contributed by atoms with Crippen molar-refractivity contribution in [1.29, 1.82) is 5.26 Å². The molecule has 2 atom stereocenters. The van der Waals surface area contributed by atoms with Gasteiger partial charge in [-0.25, -0.2) is 4.98 Å². The van der Waals surface area contributed by atoms with Crippen LogP contribution >= 0.6 is 11.3 Å². The minimum atomic E-state index is -0.698. The van der Waals surface area contributed by atoms with E-state index >= 15 is 0 Å². The number of nitrogens with zero attached hydrogens (tertiary/aromatic N) is 4. The molecule has 0 aromatic carbocycles. The van der Waals surface area contributed by atoms with Crippen LogP contribution in [-0.2, 0) is 22.7 Å². The van der Waals surface area contributed by atoms with E-state index in [1.807, 2.05) is 37.3 Å². The number of fused-ring (bicyclic) bond motifs is 1. The first kappa shape index (κ1) is 21.3. The van der Waals surface area contributed by atoms with Gasteiger partial charge >= 0.3 is 5.97 Å². The maximum Gasteiger partial charge on any atom is 0.302 e. The van der Waals surface area contributed by atoms with Crippen LogP contribution in [0.5, 0.6) is 0 Å². The van der Waals surface area contributed by atoms with E-state index in [4.69, 9.17) is 9.72 Å². The summed E-state index contributed by atoms with van der Waals surface area (Å²) in [5.41, 5.74) is -0.222. The molecule has 2 aromatic rings. The van der Waals surface area contributed by atoms with E-state index in [1.54, 1.807) is 4.57 Å². The van der Waals surface area contributed by atoms with Crippen molar-refractivity contribution in [2.45, 2.75) is 33.4 Å². The molecule has 2 unspecified atom stereocenters. The number of nitrogens with one attached hydrogen (secondary N) is 1.